The van der Waals surface area contributed by atoms with Gasteiger partial charge >= 0.3 is 0 Å². The van der Waals surface area contributed by atoms with Gasteiger partial charge in [-0.25, -0.2) is 18.7 Å². The molecule has 1 aromatic rings. The Hall–Kier alpha value is -1.01. The number of halogens is 3. The maximum absolute atomic E-state index is 13.2. The molecule has 4 nitrogen and oxygen atoms in total. The Morgan fingerprint density at radius 3 is 2.75 bits per heavy atom. The lowest BCUT2D eigenvalue weighted by Gasteiger charge is -2.18. The van der Waals surface area contributed by atoms with E-state index in [2.05, 4.69) is 20.6 Å². The van der Waals surface area contributed by atoms with Gasteiger partial charge in [-0.05, 0) is 0 Å². The summed E-state index contributed by atoms with van der Waals surface area (Å²) in [6, 6.07) is -0.869. The minimum Gasteiger partial charge on any atom is -0.352 e. The molecular weight excluding hydrogens is 238 g/mol. The Morgan fingerprint density at radius 2 is 2.19 bits per heavy atom. The average Bonchev–Trinajstić information content (AvgIpc) is 2.57. The third-order valence-corrected chi connectivity index (χ3v) is 2.64. The Kier molecular flexibility index (Phi) is 3.20. The van der Waals surface area contributed by atoms with E-state index in [1.54, 1.807) is 0 Å². The molecule has 2 heterocycles. The summed E-state index contributed by atoms with van der Waals surface area (Å²) in [7, 11) is 0. The number of anilines is 1. The molecular formula is C9H11ClF2N4. The van der Waals surface area contributed by atoms with Crippen LogP contribution in [0.5, 0.6) is 0 Å². The molecule has 0 amide bonds. The molecule has 16 heavy (non-hydrogen) atoms. The predicted octanol–water partition coefficient (Wildman–Crippen LogP) is 1.54. The lowest BCUT2D eigenvalue weighted by molar-refractivity contribution is -0.00693. The standard InChI is InChI=1S/C9H11ClF2N4/c10-6-3-14-8(15-4-6)16-5-7-9(11,12)1-2-13-7/h3-4,7,13H,1-2,5H2,(H,14,15,16). The average molecular weight is 249 g/mol. The van der Waals surface area contributed by atoms with E-state index in [9.17, 15) is 8.78 Å². The molecule has 1 unspecified atom stereocenters. The molecule has 0 spiro atoms. The molecule has 1 aromatic heterocycles. The first kappa shape index (κ1) is 11.5. The number of aromatic nitrogens is 2. The molecule has 0 bridgehead atoms. The third kappa shape index (κ3) is 2.56. The number of hydrogen-bond acceptors (Lipinski definition) is 4. The number of nitrogens with one attached hydrogen (secondary N) is 2. The molecule has 0 radical (unpaired) electrons. The van der Waals surface area contributed by atoms with Crippen molar-refractivity contribution in [1.82, 2.24) is 15.3 Å². The van der Waals surface area contributed by atoms with Crippen LogP contribution in [0.25, 0.3) is 0 Å². The topological polar surface area (TPSA) is 49.8 Å². The van der Waals surface area contributed by atoms with Crippen molar-refractivity contribution in [2.75, 3.05) is 18.4 Å². The Labute approximate surface area is 96.4 Å². The van der Waals surface area contributed by atoms with Crippen LogP contribution in [0.1, 0.15) is 6.42 Å². The maximum Gasteiger partial charge on any atom is 0.266 e. The van der Waals surface area contributed by atoms with Crippen LogP contribution >= 0.6 is 11.6 Å². The van der Waals surface area contributed by atoms with Crippen LogP contribution in [-0.4, -0.2) is 35.0 Å². The molecule has 88 valence electrons. The van der Waals surface area contributed by atoms with Gasteiger partial charge in [0.05, 0.1) is 23.5 Å². The SMILES string of the molecule is FC1(F)CCNC1CNc1ncc(Cl)cn1. The van der Waals surface area contributed by atoms with Gasteiger partial charge in [0.25, 0.3) is 5.92 Å². The van der Waals surface area contributed by atoms with Gasteiger partial charge in [-0.2, -0.15) is 0 Å². The summed E-state index contributed by atoms with van der Waals surface area (Å²) in [5, 5.41) is 5.89. The molecule has 1 aliphatic rings. The molecule has 0 saturated carbocycles. The molecule has 7 heteroatoms. The molecule has 1 fully saturated rings. The van der Waals surface area contributed by atoms with Gasteiger partial charge in [0, 0.05) is 19.5 Å². The van der Waals surface area contributed by atoms with Crippen molar-refractivity contribution in [3.05, 3.63) is 17.4 Å². The molecule has 2 N–H and O–H groups in total. The second kappa shape index (κ2) is 4.47. The largest absolute Gasteiger partial charge is 0.352 e. The van der Waals surface area contributed by atoms with Crippen LogP contribution in [0.4, 0.5) is 14.7 Å². The fourth-order valence-corrected chi connectivity index (χ4v) is 1.65. The fourth-order valence-electron chi connectivity index (χ4n) is 1.56. The van der Waals surface area contributed by atoms with Crippen LogP contribution in [0, 0.1) is 0 Å². The first-order chi connectivity index (χ1) is 7.58. The number of rotatable bonds is 3. The summed E-state index contributed by atoms with van der Waals surface area (Å²) in [4.78, 5) is 7.72. The first-order valence-corrected chi connectivity index (χ1v) is 5.28. The lowest BCUT2D eigenvalue weighted by Crippen LogP contribution is -2.41. The molecule has 0 aromatic carbocycles. The van der Waals surface area contributed by atoms with Crippen LogP contribution < -0.4 is 10.6 Å². The Morgan fingerprint density at radius 1 is 1.50 bits per heavy atom. The lowest BCUT2D eigenvalue weighted by atomic mass is 10.1. The number of nitrogens with zero attached hydrogens (tertiary/aromatic N) is 2. The molecule has 1 saturated heterocycles. The first-order valence-electron chi connectivity index (χ1n) is 4.90. The summed E-state index contributed by atoms with van der Waals surface area (Å²) in [6.07, 6.45) is 2.70. The zero-order valence-electron chi connectivity index (χ0n) is 8.38. The third-order valence-electron chi connectivity index (χ3n) is 2.44. The Bertz CT molecular complexity index is 357. The molecule has 1 aliphatic heterocycles. The minimum absolute atomic E-state index is 0.0919. The van der Waals surface area contributed by atoms with Gasteiger partial charge in [0.2, 0.25) is 5.95 Å². The van der Waals surface area contributed by atoms with E-state index < -0.39 is 12.0 Å². The molecule has 0 aliphatic carbocycles. The van der Waals surface area contributed by atoms with Gasteiger partial charge < -0.3 is 10.6 Å². The highest BCUT2D eigenvalue weighted by Crippen LogP contribution is 2.27. The number of hydrogen-bond donors (Lipinski definition) is 2. The van der Waals surface area contributed by atoms with Crippen molar-refractivity contribution in [2.45, 2.75) is 18.4 Å². The second-order valence-corrected chi connectivity index (χ2v) is 4.06. The summed E-state index contributed by atoms with van der Waals surface area (Å²) in [5.74, 6) is -2.37. The monoisotopic (exact) mass is 248 g/mol. The van der Waals surface area contributed by atoms with Gasteiger partial charge in [0.1, 0.15) is 0 Å². The molecule has 2 rings (SSSR count). The van der Waals surface area contributed by atoms with E-state index >= 15 is 0 Å². The fraction of sp³-hybridized carbons (Fsp3) is 0.556. The van der Waals surface area contributed by atoms with Gasteiger partial charge in [-0.3, -0.25) is 0 Å². The van der Waals surface area contributed by atoms with E-state index in [-0.39, 0.29) is 13.0 Å². The summed E-state index contributed by atoms with van der Waals surface area (Å²) >= 11 is 5.60. The minimum atomic E-state index is -2.67. The summed E-state index contributed by atoms with van der Waals surface area (Å²) in [5.41, 5.74) is 0. The van der Waals surface area contributed by atoms with Crippen LogP contribution in [-0.2, 0) is 0 Å². The van der Waals surface area contributed by atoms with Crippen molar-refractivity contribution in [3.63, 3.8) is 0 Å². The van der Waals surface area contributed by atoms with E-state index in [0.29, 0.717) is 17.5 Å². The normalized spacial score (nSPS) is 23.3. The van der Waals surface area contributed by atoms with Crippen molar-refractivity contribution >= 4 is 17.5 Å². The van der Waals surface area contributed by atoms with Crippen molar-refractivity contribution < 1.29 is 8.78 Å². The van der Waals surface area contributed by atoms with E-state index in [1.165, 1.54) is 12.4 Å². The summed E-state index contributed by atoms with van der Waals surface area (Å²) in [6.45, 7) is 0.426. The highest BCUT2D eigenvalue weighted by Gasteiger charge is 2.43. The Balaban J connectivity index is 1.90. The smallest absolute Gasteiger partial charge is 0.266 e. The van der Waals surface area contributed by atoms with Crippen molar-refractivity contribution in [2.24, 2.45) is 0 Å². The van der Waals surface area contributed by atoms with Crippen molar-refractivity contribution in [1.29, 1.82) is 0 Å². The predicted molar refractivity (Wildman–Crippen MR) is 56.9 cm³/mol. The zero-order chi connectivity index (χ0) is 11.6. The second-order valence-electron chi connectivity index (χ2n) is 3.62. The highest BCUT2D eigenvalue weighted by atomic mass is 35.5. The van der Waals surface area contributed by atoms with E-state index in [1.807, 2.05) is 0 Å². The zero-order valence-corrected chi connectivity index (χ0v) is 9.14. The summed E-state index contributed by atoms with van der Waals surface area (Å²) < 4.78 is 26.4. The van der Waals surface area contributed by atoms with E-state index in [4.69, 9.17) is 11.6 Å². The van der Waals surface area contributed by atoms with Crippen molar-refractivity contribution in [3.8, 4) is 0 Å². The van der Waals surface area contributed by atoms with Crippen LogP contribution in [0.2, 0.25) is 5.02 Å². The van der Waals surface area contributed by atoms with Crippen LogP contribution in [0.3, 0.4) is 0 Å². The maximum atomic E-state index is 13.2. The highest BCUT2D eigenvalue weighted by molar-refractivity contribution is 6.30. The van der Waals surface area contributed by atoms with Crippen LogP contribution in [0.15, 0.2) is 12.4 Å². The van der Waals surface area contributed by atoms with Gasteiger partial charge in [0.15, 0.2) is 0 Å². The van der Waals surface area contributed by atoms with Gasteiger partial charge in [-0.1, -0.05) is 11.6 Å². The van der Waals surface area contributed by atoms with Gasteiger partial charge in [-0.15, -0.1) is 0 Å². The quantitative estimate of drug-likeness (QED) is 0.852. The molecule has 1 atom stereocenters. The van der Waals surface area contributed by atoms with E-state index in [0.717, 1.165) is 0 Å². The number of alkyl halides is 2.